The zero-order chi connectivity index (χ0) is 19.5. The summed E-state index contributed by atoms with van der Waals surface area (Å²) >= 11 is 1.49. The van der Waals surface area contributed by atoms with Crippen molar-refractivity contribution in [3.05, 3.63) is 36.2 Å². The average molecular weight is 401 g/mol. The van der Waals surface area contributed by atoms with E-state index in [-0.39, 0.29) is 5.91 Å². The summed E-state index contributed by atoms with van der Waals surface area (Å²) in [4.78, 5) is 22.0. The number of ether oxygens (including phenoxy) is 2. The molecule has 0 aliphatic carbocycles. The number of morpholine rings is 1. The molecule has 1 aliphatic rings. The van der Waals surface area contributed by atoms with Gasteiger partial charge >= 0.3 is 0 Å². The van der Waals surface area contributed by atoms with Gasteiger partial charge in [0.25, 0.3) is 5.91 Å². The quantitative estimate of drug-likeness (QED) is 0.629. The van der Waals surface area contributed by atoms with Crippen molar-refractivity contribution in [1.29, 1.82) is 0 Å². The van der Waals surface area contributed by atoms with Crippen molar-refractivity contribution in [3.8, 4) is 5.75 Å². The average Bonchev–Trinajstić information content (AvgIpc) is 3.34. The van der Waals surface area contributed by atoms with Gasteiger partial charge in [-0.2, -0.15) is 5.10 Å². The first-order valence-electron chi connectivity index (χ1n) is 9.20. The molecule has 0 N–H and O–H groups in total. The summed E-state index contributed by atoms with van der Waals surface area (Å²) in [6.45, 7) is 4.55. The van der Waals surface area contributed by atoms with E-state index in [2.05, 4.69) is 10.00 Å². The number of aromatic nitrogens is 3. The van der Waals surface area contributed by atoms with Crippen LogP contribution in [0.25, 0.3) is 10.2 Å². The molecule has 2 aromatic heterocycles. The zero-order valence-electron chi connectivity index (χ0n) is 16.0. The van der Waals surface area contributed by atoms with Gasteiger partial charge in [-0.05, 0) is 24.3 Å². The van der Waals surface area contributed by atoms with Crippen molar-refractivity contribution in [3.63, 3.8) is 0 Å². The summed E-state index contributed by atoms with van der Waals surface area (Å²) in [5.74, 6) is 0.680. The Hall–Kier alpha value is -2.49. The van der Waals surface area contributed by atoms with Crippen LogP contribution in [0, 0.1) is 0 Å². The smallest absolute Gasteiger partial charge is 0.278 e. The maximum absolute atomic E-state index is 13.3. The third kappa shape index (κ3) is 3.87. The molecule has 0 spiro atoms. The van der Waals surface area contributed by atoms with Crippen molar-refractivity contribution in [2.75, 3.05) is 51.4 Å². The van der Waals surface area contributed by atoms with Crippen LogP contribution in [0.2, 0.25) is 0 Å². The third-order valence-corrected chi connectivity index (χ3v) is 5.89. The molecule has 0 bridgehead atoms. The number of carbonyl (C=O) groups excluding carboxylic acids is 1. The molecule has 1 fully saturated rings. The minimum atomic E-state index is -0.0979. The van der Waals surface area contributed by atoms with Gasteiger partial charge in [-0.25, -0.2) is 4.98 Å². The number of fused-ring (bicyclic) bond motifs is 1. The summed E-state index contributed by atoms with van der Waals surface area (Å²) in [6, 6.07) is 7.49. The predicted octanol–water partition coefficient (Wildman–Crippen LogP) is 2.02. The van der Waals surface area contributed by atoms with Crippen LogP contribution in [-0.2, 0) is 11.8 Å². The van der Waals surface area contributed by atoms with Gasteiger partial charge in [0.2, 0.25) is 0 Å². The lowest BCUT2D eigenvalue weighted by Gasteiger charge is -2.29. The molecular weight excluding hydrogens is 378 g/mol. The second-order valence-electron chi connectivity index (χ2n) is 6.58. The summed E-state index contributed by atoms with van der Waals surface area (Å²) < 4.78 is 13.3. The minimum Gasteiger partial charge on any atom is -0.497 e. The summed E-state index contributed by atoms with van der Waals surface area (Å²) in [7, 11) is 3.42. The Morgan fingerprint density at radius 1 is 1.32 bits per heavy atom. The lowest BCUT2D eigenvalue weighted by Crippen LogP contribution is -2.43. The number of anilines is 1. The van der Waals surface area contributed by atoms with Crippen molar-refractivity contribution >= 4 is 32.6 Å². The SMILES string of the molecule is COc1ccc2nc(N(CCN3CCOCC3)C(=O)c3ccnn3C)sc2c1. The molecule has 0 radical (unpaired) electrons. The predicted molar refractivity (Wildman–Crippen MR) is 108 cm³/mol. The zero-order valence-corrected chi connectivity index (χ0v) is 16.8. The molecule has 0 saturated carbocycles. The highest BCUT2D eigenvalue weighted by molar-refractivity contribution is 7.22. The van der Waals surface area contributed by atoms with Gasteiger partial charge in [0.1, 0.15) is 11.4 Å². The van der Waals surface area contributed by atoms with Gasteiger partial charge in [0.05, 0.1) is 30.5 Å². The van der Waals surface area contributed by atoms with Crippen LogP contribution in [0.15, 0.2) is 30.5 Å². The maximum atomic E-state index is 13.3. The molecule has 9 heteroatoms. The largest absolute Gasteiger partial charge is 0.497 e. The van der Waals surface area contributed by atoms with Gasteiger partial charge in [-0.15, -0.1) is 0 Å². The second-order valence-corrected chi connectivity index (χ2v) is 7.59. The van der Waals surface area contributed by atoms with Gasteiger partial charge in [0.15, 0.2) is 5.13 Å². The third-order valence-electron chi connectivity index (χ3n) is 4.84. The molecule has 4 rings (SSSR count). The lowest BCUT2D eigenvalue weighted by molar-refractivity contribution is 0.0391. The van der Waals surface area contributed by atoms with E-state index in [0.29, 0.717) is 17.4 Å². The van der Waals surface area contributed by atoms with E-state index >= 15 is 0 Å². The van der Waals surface area contributed by atoms with Crippen LogP contribution < -0.4 is 9.64 Å². The number of rotatable bonds is 6. The highest BCUT2D eigenvalue weighted by Crippen LogP contribution is 2.32. The van der Waals surface area contributed by atoms with Crippen LogP contribution >= 0.6 is 11.3 Å². The summed E-state index contributed by atoms with van der Waals surface area (Å²) in [6.07, 6.45) is 1.64. The van der Waals surface area contributed by atoms with Crippen LogP contribution in [-0.4, -0.2) is 72.1 Å². The number of hydrogen-bond acceptors (Lipinski definition) is 7. The normalized spacial score (nSPS) is 15.1. The summed E-state index contributed by atoms with van der Waals surface area (Å²) in [5, 5.41) is 4.82. The molecule has 1 aliphatic heterocycles. The Morgan fingerprint density at radius 3 is 2.86 bits per heavy atom. The number of carbonyl (C=O) groups is 1. The Labute approximate surface area is 167 Å². The molecule has 0 unspecified atom stereocenters. The van der Waals surface area contributed by atoms with Crippen molar-refractivity contribution in [2.45, 2.75) is 0 Å². The Kier molecular flexibility index (Phi) is 5.56. The minimum absolute atomic E-state index is 0.0979. The van der Waals surface area contributed by atoms with E-state index in [1.54, 1.807) is 36.0 Å². The van der Waals surface area contributed by atoms with Crippen LogP contribution in [0.5, 0.6) is 5.75 Å². The number of amides is 1. The van der Waals surface area contributed by atoms with E-state index in [1.807, 2.05) is 18.2 Å². The van der Waals surface area contributed by atoms with E-state index < -0.39 is 0 Å². The Balaban J connectivity index is 1.63. The van der Waals surface area contributed by atoms with E-state index in [0.717, 1.165) is 48.8 Å². The van der Waals surface area contributed by atoms with Crippen molar-refractivity contribution < 1.29 is 14.3 Å². The highest BCUT2D eigenvalue weighted by Gasteiger charge is 2.24. The molecular formula is C19H23N5O3S. The van der Waals surface area contributed by atoms with E-state index in [9.17, 15) is 4.79 Å². The van der Waals surface area contributed by atoms with Gasteiger partial charge in [0, 0.05) is 39.4 Å². The van der Waals surface area contributed by atoms with Crippen LogP contribution in [0.3, 0.4) is 0 Å². The van der Waals surface area contributed by atoms with E-state index in [1.165, 1.54) is 11.3 Å². The number of methoxy groups -OCH3 is 1. The molecule has 3 heterocycles. The monoisotopic (exact) mass is 401 g/mol. The molecule has 148 valence electrons. The van der Waals surface area contributed by atoms with Gasteiger partial charge in [-0.3, -0.25) is 19.3 Å². The fourth-order valence-electron chi connectivity index (χ4n) is 3.21. The Bertz CT molecular complexity index is 964. The van der Waals surface area contributed by atoms with Crippen LogP contribution in [0.1, 0.15) is 10.5 Å². The number of hydrogen-bond donors (Lipinski definition) is 0. The topological polar surface area (TPSA) is 72.7 Å². The molecule has 3 aromatic rings. The molecule has 0 atom stereocenters. The van der Waals surface area contributed by atoms with Crippen LogP contribution in [0.4, 0.5) is 5.13 Å². The fourth-order valence-corrected chi connectivity index (χ4v) is 4.23. The van der Waals surface area contributed by atoms with Gasteiger partial charge in [-0.1, -0.05) is 11.3 Å². The number of thiazole rings is 1. The van der Waals surface area contributed by atoms with E-state index in [4.69, 9.17) is 14.5 Å². The first-order chi connectivity index (χ1) is 13.7. The number of benzene rings is 1. The first-order valence-corrected chi connectivity index (χ1v) is 10.0. The molecule has 28 heavy (non-hydrogen) atoms. The number of aryl methyl sites for hydroxylation is 1. The first kappa shape index (κ1) is 18.9. The Morgan fingerprint density at radius 2 is 2.14 bits per heavy atom. The number of nitrogens with zero attached hydrogens (tertiary/aromatic N) is 5. The molecule has 1 amide bonds. The summed E-state index contributed by atoms with van der Waals surface area (Å²) in [5.41, 5.74) is 1.40. The maximum Gasteiger partial charge on any atom is 0.278 e. The second kappa shape index (κ2) is 8.26. The molecule has 1 saturated heterocycles. The molecule has 8 nitrogen and oxygen atoms in total. The van der Waals surface area contributed by atoms with Crippen molar-refractivity contribution in [1.82, 2.24) is 19.7 Å². The van der Waals surface area contributed by atoms with Gasteiger partial charge < -0.3 is 9.47 Å². The lowest BCUT2D eigenvalue weighted by atomic mass is 10.3. The van der Waals surface area contributed by atoms with Crippen molar-refractivity contribution in [2.24, 2.45) is 7.05 Å². The highest BCUT2D eigenvalue weighted by atomic mass is 32.1. The standard InChI is InChI=1S/C19H23N5O3S/c1-22-16(5-6-20-22)18(25)24(8-7-23-9-11-27-12-10-23)19-21-15-4-3-14(26-2)13-17(15)28-19/h3-6,13H,7-12H2,1-2H3. The molecule has 1 aromatic carbocycles. The fraction of sp³-hybridized carbons (Fsp3) is 0.421.